The van der Waals surface area contributed by atoms with E-state index in [1.54, 1.807) is 12.3 Å². The quantitative estimate of drug-likeness (QED) is 0.645. The summed E-state index contributed by atoms with van der Waals surface area (Å²) >= 11 is 0. The van der Waals surface area contributed by atoms with Crippen LogP contribution in [0.1, 0.15) is 35.2 Å². The zero-order chi connectivity index (χ0) is 19.3. The van der Waals surface area contributed by atoms with Crippen molar-refractivity contribution in [3.8, 4) is 5.75 Å². The maximum Gasteiger partial charge on any atom is 0.276 e. The number of aromatic nitrogens is 4. The normalized spacial score (nSPS) is 16.1. The lowest BCUT2D eigenvalue weighted by atomic mass is 10.1. The predicted octanol–water partition coefficient (Wildman–Crippen LogP) is 2.79. The molecule has 0 spiro atoms. The summed E-state index contributed by atoms with van der Waals surface area (Å²) in [7, 11) is 1.93. The molecular formula is C20H25ClN6O2. The minimum absolute atomic E-state index is 0. The Kier molecular flexibility index (Phi) is 6.90. The Labute approximate surface area is 175 Å². The standard InChI is InChI=1S/C20H24N6O2.ClH/c1-25-12-10-22-19(25)14-28-17-6-4-15(5-7-17)23-20(27)18-8-11-26(24-18)16-3-2-9-21-13-16;/h4-8,10-12,16,21H,2-3,9,13-14H2,1H3,(H,23,27);1H. The molecule has 1 aromatic carbocycles. The minimum atomic E-state index is -0.218. The summed E-state index contributed by atoms with van der Waals surface area (Å²) in [6.07, 6.45) is 7.70. The third-order valence-electron chi connectivity index (χ3n) is 4.89. The van der Waals surface area contributed by atoms with Crippen LogP contribution in [0.3, 0.4) is 0 Å². The third kappa shape index (κ3) is 5.16. The molecule has 0 aliphatic carbocycles. The Morgan fingerprint density at radius 1 is 1.28 bits per heavy atom. The molecule has 3 aromatic rings. The molecule has 0 saturated carbocycles. The van der Waals surface area contributed by atoms with E-state index in [2.05, 4.69) is 20.7 Å². The van der Waals surface area contributed by atoms with Crippen LogP contribution in [-0.2, 0) is 13.7 Å². The highest BCUT2D eigenvalue weighted by Gasteiger charge is 2.17. The van der Waals surface area contributed by atoms with Gasteiger partial charge in [-0.25, -0.2) is 4.98 Å². The second-order valence-corrected chi connectivity index (χ2v) is 6.90. The molecule has 0 bridgehead atoms. The fourth-order valence-electron chi connectivity index (χ4n) is 3.23. The number of anilines is 1. The molecule has 1 aliphatic rings. The van der Waals surface area contributed by atoms with Crippen molar-refractivity contribution in [1.29, 1.82) is 0 Å². The summed E-state index contributed by atoms with van der Waals surface area (Å²) in [6.45, 7) is 2.33. The van der Waals surface area contributed by atoms with Crippen molar-refractivity contribution >= 4 is 24.0 Å². The zero-order valence-electron chi connectivity index (χ0n) is 16.2. The molecule has 29 heavy (non-hydrogen) atoms. The Morgan fingerprint density at radius 3 is 2.79 bits per heavy atom. The van der Waals surface area contributed by atoms with Crippen LogP contribution in [0, 0.1) is 0 Å². The zero-order valence-corrected chi connectivity index (χ0v) is 17.1. The van der Waals surface area contributed by atoms with Gasteiger partial charge < -0.3 is 19.9 Å². The smallest absolute Gasteiger partial charge is 0.276 e. The van der Waals surface area contributed by atoms with Gasteiger partial charge in [0.25, 0.3) is 5.91 Å². The molecule has 1 atom stereocenters. The average Bonchev–Trinajstić information content (AvgIpc) is 3.37. The number of imidazole rings is 1. The molecule has 1 aliphatic heterocycles. The SMILES string of the molecule is Cl.Cn1ccnc1COc1ccc(NC(=O)c2ccn(C3CCCNC3)n2)cc1. The number of nitrogens with zero attached hydrogens (tertiary/aromatic N) is 4. The second-order valence-electron chi connectivity index (χ2n) is 6.90. The number of hydrogen-bond acceptors (Lipinski definition) is 5. The van der Waals surface area contributed by atoms with Gasteiger partial charge in [-0.15, -0.1) is 12.4 Å². The number of carbonyl (C=O) groups excluding carboxylic acids is 1. The number of amides is 1. The van der Waals surface area contributed by atoms with Crippen molar-refractivity contribution < 1.29 is 9.53 Å². The number of halogens is 1. The summed E-state index contributed by atoms with van der Waals surface area (Å²) in [6, 6.07) is 9.34. The number of piperidine rings is 1. The van der Waals surface area contributed by atoms with Gasteiger partial charge in [0.1, 0.15) is 18.2 Å². The van der Waals surface area contributed by atoms with Crippen LogP contribution in [0.4, 0.5) is 5.69 Å². The number of aryl methyl sites for hydroxylation is 1. The fourth-order valence-corrected chi connectivity index (χ4v) is 3.23. The van der Waals surface area contributed by atoms with Gasteiger partial charge >= 0.3 is 0 Å². The first-order chi connectivity index (χ1) is 13.7. The number of rotatable bonds is 6. The second kappa shape index (κ2) is 9.58. The molecule has 9 heteroatoms. The summed E-state index contributed by atoms with van der Waals surface area (Å²) in [5.41, 5.74) is 1.11. The van der Waals surface area contributed by atoms with E-state index in [9.17, 15) is 4.79 Å². The molecule has 1 amide bonds. The Hall–Kier alpha value is -2.84. The van der Waals surface area contributed by atoms with Gasteiger partial charge in [0.05, 0.1) is 6.04 Å². The Morgan fingerprint density at radius 2 is 2.10 bits per heavy atom. The van der Waals surface area contributed by atoms with Crippen molar-refractivity contribution in [3.05, 3.63) is 60.4 Å². The van der Waals surface area contributed by atoms with Gasteiger partial charge in [-0.1, -0.05) is 0 Å². The molecular weight excluding hydrogens is 392 g/mol. The van der Waals surface area contributed by atoms with Gasteiger partial charge in [0.15, 0.2) is 5.69 Å². The Balaban J connectivity index is 0.00000240. The predicted molar refractivity (Wildman–Crippen MR) is 113 cm³/mol. The van der Waals surface area contributed by atoms with E-state index in [0.717, 1.165) is 37.5 Å². The number of carbonyl (C=O) groups is 1. The van der Waals surface area contributed by atoms with Gasteiger partial charge in [0.2, 0.25) is 0 Å². The summed E-state index contributed by atoms with van der Waals surface area (Å²) < 4.78 is 9.53. The van der Waals surface area contributed by atoms with Crippen LogP contribution in [0.15, 0.2) is 48.9 Å². The number of ether oxygens (including phenoxy) is 1. The van der Waals surface area contributed by atoms with Crippen molar-refractivity contribution in [1.82, 2.24) is 24.6 Å². The van der Waals surface area contributed by atoms with E-state index < -0.39 is 0 Å². The van der Waals surface area contributed by atoms with Crippen LogP contribution < -0.4 is 15.4 Å². The maximum absolute atomic E-state index is 12.5. The van der Waals surface area contributed by atoms with Crippen LogP contribution in [0.5, 0.6) is 5.75 Å². The number of nitrogens with one attached hydrogen (secondary N) is 2. The molecule has 1 fully saturated rings. The topological polar surface area (TPSA) is 86.0 Å². The van der Waals surface area contributed by atoms with Crippen molar-refractivity contribution in [2.24, 2.45) is 7.05 Å². The molecule has 0 radical (unpaired) electrons. The maximum atomic E-state index is 12.5. The largest absolute Gasteiger partial charge is 0.486 e. The average molecular weight is 417 g/mol. The highest BCUT2D eigenvalue weighted by molar-refractivity contribution is 6.02. The van der Waals surface area contributed by atoms with E-state index in [4.69, 9.17) is 4.74 Å². The van der Waals surface area contributed by atoms with Gasteiger partial charge in [-0.3, -0.25) is 9.48 Å². The first-order valence-electron chi connectivity index (χ1n) is 9.45. The van der Waals surface area contributed by atoms with Crippen LogP contribution >= 0.6 is 12.4 Å². The van der Waals surface area contributed by atoms with Crippen LogP contribution in [0.2, 0.25) is 0 Å². The van der Waals surface area contributed by atoms with Gasteiger partial charge in [-0.2, -0.15) is 5.10 Å². The summed E-state index contributed by atoms with van der Waals surface area (Å²) in [5.74, 6) is 1.35. The molecule has 3 heterocycles. The van der Waals surface area contributed by atoms with E-state index in [0.29, 0.717) is 24.0 Å². The monoisotopic (exact) mass is 416 g/mol. The first kappa shape index (κ1) is 20.9. The molecule has 2 aromatic heterocycles. The minimum Gasteiger partial charge on any atom is -0.486 e. The molecule has 1 unspecified atom stereocenters. The third-order valence-corrected chi connectivity index (χ3v) is 4.89. The Bertz CT molecular complexity index is 931. The van der Waals surface area contributed by atoms with Crippen molar-refractivity contribution in [3.63, 3.8) is 0 Å². The fraction of sp³-hybridized carbons (Fsp3) is 0.350. The molecule has 2 N–H and O–H groups in total. The van der Waals surface area contributed by atoms with Gasteiger partial charge in [0, 0.05) is 37.9 Å². The molecule has 8 nitrogen and oxygen atoms in total. The van der Waals surface area contributed by atoms with Crippen molar-refractivity contribution in [2.45, 2.75) is 25.5 Å². The summed E-state index contributed by atoms with van der Waals surface area (Å²) in [5, 5.41) is 10.7. The molecule has 154 valence electrons. The van der Waals surface area contributed by atoms with E-state index in [1.807, 2.05) is 53.0 Å². The highest BCUT2D eigenvalue weighted by atomic mass is 35.5. The van der Waals surface area contributed by atoms with Gasteiger partial charge in [-0.05, 0) is 49.7 Å². The van der Waals surface area contributed by atoms with Crippen LogP contribution in [0.25, 0.3) is 0 Å². The lowest BCUT2D eigenvalue weighted by Crippen LogP contribution is -2.32. The summed E-state index contributed by atoms with van der Waals surface area (Å²) in [4.78, 5) is 16.7. The van der Waals surface area contributed by atoms with E-state index in [-0.39, 0.29) is 18.3 Å². The lowest BCUT2D eigenvalue weighted by molar-refractivity contribution is 0.102. The number of hydrogen-bond donors (Lipinski definition) is 2. The molecule has 4 rings (SSSR count). The lowest BCUT2D eigenvalue weighted by Gasteiger charge is -2.22. The highest BCUT2D eigenvalue weighted by Crippen LogP contribution is 2.19. The van der Waals surface area contributed by atoms with E-state index >= 15 is 0 Å². The van der Waals surface area contributed by atoms with Crippen molar-refractivity contribution in [2.75, 3.05) is 18.4 Å². The van der Waals surface area contributed by atoms with E-state index in [1.165, 1.54) is 0 Å². The number of benzene rings is 1. The van der Waals surface area contributed by atoms with Crippen LogP contribution in [-0.4, -0.2) is 38.3 Å². The first-order valence-corrected chi connectivity index (χ1v) is 9.45. The molecule has 1 saturated heterocycles.